The van der Waals surface area contributed by atoms with Gasteiger partial charge in [0.05, 0.1) is 0 Å². The second-order valence-electron chi connectivity index (χ2n) is 0.408. The summed E-state index contributed by atoms with van der Waals surface area (Å²) in [5.74, 6) is 0. The molecule has 0 saturated heterocycles. The van der Waals surface area contributed by atoms with Gasteiger partial charge < -0.3 is 9.11 Å². The molecule has 7 heavy (non-hydrogen) atoms. The Morgan fingerprint density at radius 2 is 1.14 bits per heavy atom. The summed E-state index contributed by atoms with van der Waals surface area (Å²) in [6.45, 7) is 0. The predicted octanol–water partition coefficient (Wildman–Crippen LogP) is -1.28. The van der Waals surface area contributed by atoms with Crippen LogP contribution >= 0.6 is 9.90 Å². The van der Waals surface area contributed by atoms with E-state index in [0.29, 0.717) is 0 Å². The number of rotatable bonds is 0. The fourth-order valence-corrected chi connectivity index (χ4v) is 0. The van der Waals surface area contributed by atoms with E-state index >= 15 is 0 Å². The summed E-state index contributed by atoms with van der Waals surface area (Å²) in [7, 11) is -5.17. The Hall–Kier alpha value is 0.819. The molecular weight excluding hydrogens is 153 g/mol. The molecule has 0 N–H and O–H groups in total. The summed E-state index contributed by atoms with van der Waals surface area (Å²) in [6.07, 6.45) is 0. The van der Waals surface area contributed by atoms with Crippen LogP contribution in [0.15, 0.2) is 0 Å². The number of hydrogen-bond acceptors (Lipinski definition) is 4. The summed E-state index contributed by atoms with van der Waals surface area (Å²) >= 11 is 0. The maximum Gasteiger partial charge on any atom is 2.00 e. The van der Waals surface area contributed by atoms with Gasteiger partial charge in [0, 0.05) is 10.4 Å². The maximum absolute atomic E-state index is 8.52. The van der Waals surface area contributed by atoms with Crippen molar-refractivity contribution >= 4 is 20.3 Å². The van der Waals surface area contributed by atoms with Crippen LogP contribution in [-0.2, 0) is 27.5 Å². The van der Waals surface area contributed by atoms with Gasteiger partial charge in [0.15, 0.2) is 0 Å². The molecule has 0 fully saturated rings. The van der Waals surface area contributed by atoms with Gasteiger partial charge in [-0.15, -0.1) is 0 Å². The summed E-state index contributed by atoms with van der Waals surface area (Å²) in [4.78, 5) is 0. The van der Waals surface area contributed by atoms with Gasteiger partial charge in [0.1, 0.15) is 0 Å². The summed E-state index contributed by atoms with van der Waals surface area (Å²) < 4.78 is 34.1. The van der Waals surface area contributed by atoms with Crippen LogP contribution in [0.2, 0.25) is 0 Å². The van der Waals surface area contributed by atoms with E-state index in [1.54, 1.807) is 0 Å². The largest absolute Gasteiger partial charge is 2.00 e. The van der Waals surface area contributed by atoms with Crippen LogP contribution < -0.4 is 0 Å². The smallest absolute Gasteiger partial charge is 0.759 e. The average Bonchev–Trinajstić information content (AvgIpc) is 0.722. The van der Waals surface area contributed by atoms with E-state index in [1.807, 2.05) is 0 Å². The van der Waals surface area contributed by atoms with Crippen LogP contribution in [0.4, 0.5) is 0 Å². The average molecular weight is 156 g/mol. The molecule has 46 valence electrons. The van der Waals surface area contributed by atoms with Crippen LogP contribution in [0, 0.1) is 0 Å². The van der Waals surface area contributed by atoms with Crippen molar-refractivity contribution in [1.82, 2.24) is 0 Å². The van der Waals surface area contributed by atoms with E-state index in [9.17, 15) is 0 Å². The van der Waals surface area contributed by atoms with Crippen molar-refractivity contribution in [3.05, 3.63) is 0 Å². The zero-order valence-corrected chi connectivity index (χ0v) is 6.44. The van der Waals surface area contributed by atoms with Crippen molar-refractivity contribution in [1.29, 1.82) is 0 Å². The van der Waals surface area contributed by atoms with Gasteiger partial charge >= 0.3 is 17.1 Å². The van der Waals surface area contributed by atoms with Gasteiger partial charge in [0.2, 0.25) is 0 Å². The fourth-order valence-electron chi connectivity index (χ4n) is 0. The first-order valence-corrected chi connectivity index (χ1v) is 2.00. The van der Waals surface area contributed by atoms with Crippen molar-refractivity contribution in [2.45, 2.75) is 0 Å². The molecule has 7 heteroatoms. The van der Waals surface area contributed by atoms with Crippen LogP contribution in [0.5, 0.6) is 0 Å². The third-order valence-corrected chi connectivity index (χ3v) is 0. The minimum absolute atomic E-state index is 0. The normalized spacial score (nSPS) is 8.29. The first-order chi connectivity index (χ1) is 2.00. The minimum Gasteiger partial charge on any atom is -0.759 e. The molecule has 0 bridgehead atoms. The summed E-state index contributed by atoms with van der Waals surface area (Å²) in [6, 6.07) is 0. The Kier molecular flexibility index (Phi) is 11.1. The molecule has 0 aliphatic heterocycles. The van der Waals surface area contributed by atoms with Crippen molar-refractivity contribution in [2.24, 2.45) is 0 Å². The molecule has 0 spiro atoms. The third kappa shape index (κ3) is 236. The minimum atomic E-state index is -5.17. The summed E-state index contributed by atoms with van der Waals surface area (Å²) in [5.41, 5.74) is 0. The monoisotopic (exact) mass is 156 g/mol. The molecule has 0 saturated carbocycles. The summed E-state index contributed by atoms with van der Waals surface area (Å²) in [5, 5.41) is 0. The van der Waals surface area contributed by atoms with Crippen molar-refractivity contribution in [3.63, 3.8) is 0 Å². The van der Waals surface area contributed by atoms with E-state index in [-0.39, 0.29) is 27.0 Å². The molecule has 1 atom stereocenters. The molecule has 0 aromatic heterocycles. The van der Waals surface area contributed by atoms with Gasteiger partial charge in [-0.3, -0.25) is 8.42 Å². The zero-order chi connectivity index (χ0) is 4.50. The predicted molar refractivity (Wildman–Crippen MR) is 21.6 cm³/mol. The van der Waals surface area contributed by atoms with E-state index in [1.165, 1.54) is 0 Å². The fraction of sp³-hybridized carbons (Fsp3) is 0. The van der Waals surface area contributed by atoms with Crippen LogP contribution in [0.1, 0.15) is 0 Å². The van der Waals surface area contributed by atoms with Crippen LogP contribution in [0.25, 0.3) is 0 Å². The SMILES string of the molecule is O=S(=O)([O-])[O-].[1PH3].[Fe+2]. The van der Waals surface area contributed by atoms with E-state index in [0.717, 1.165) is 0 Å². The molecule has 0 aliphatic rings. The van der Waals surface area contributed by atoms with Gasteiger partial charge in [-0.1, -0.05) is 0 Å². The van der Waals surface area contributed by atoms with Crippen molar-refractivity contribution < 1.29 is 34.6 Å². The Morgan fingerprint density at radius 1 is 1.14 bits per heavy atom. The quantitative estimate of drug-likeness (QED) is 0.189. The Bertz CT molecular complexity index is 94.9. The first kappa shape index (κ1) is 15.7. The third-order valence-electron chi connectivity index (χ3n) is 0. The molecule has 0 aromatic carbocycles. The topological polar surface area (TPSA) is 80.3 Å². The zero-order valence-electron chi connectivity index (χ0n) is 3.10. The van der Waals surface area contributed by atoms with Crippen LogP contribution in [0.3, 0.4) is 0 Å². The van der Waals surface area contributed by atoms with Crippen LogP contribution in [-0.4, -0.2) is 17.5 Å². The molecule has 0 heterocycles. The molecular formula is H3FeO4PS. The molecule has 0 aliphatic carbocycles. The molecule has 0 aromatic rings. The second kappa shape index (κ2) is 4.97. The van der Waals surface area contributed by atoms with E-state index < -0.39 is 10.4 Å². The van der Waals surface area contributed by atoms with Crippen molar-refractivity contribution in [2.75, 3.05) is 0 Å². The van der Waals surface area contributed by atoms with E-state index in [4.69, 9.17) is 17.5 Å². The van der Waals surface area contributed by atoms with E-state index in [2.05, 4.69) is 0 Å². The first-order valence-electron chi connectivity index (χ1n) is 0.667. The number of hydrogen-bond donors (Lipinski definition) is 0. The van der Waals surface area contributed by atoms with Gasteiger partial charge in [-0.25, -0.2) is 0 Å². The van der Waals surface area contributed by atoms with Crippen molar-refractivity contribution in [3.8, 4) is 0 Å². The Balaban J connectivity index is -0.0000000800. The Labute approximate surface area is 55.4 Å². The standard InChI is InChI=1S/Fe.H2O4S.H3P/c;1-5(2,3)4;/h;(H2,1,2,3,4);1H3/q+2;;/p-2/i;;1-30. The maximum atomic E-state index is 8.52. The van der Waals surface area contributed by atoms with Gasteiger partial charge in [0.25, 0.3) is 0 Å². The Morgan fingerprint density at radius 3 is 1.14 bits per heavy atom. The second-order valence-corrected chi connectivity index (χ2v) is 1.22. The van der Waals surface area contributed by atoms with Gasteiger partial charge in [-0.05, 0) is 0 Å². The molecule has 0 amide bonds. The molecule has 4 nitrogen and oxygen atoms in total. The van der Waals surface area contributed by atoms with Gasteiger partial charge in [-0.2, -0.15) is 9.90 Å². The molecule has 0 rings (SSSR count). The molecule has 1 unspecified atom stereocenters. The molecule has 0 radical (unpaired) electrons.